The Kier molecular flexibility index (Phi) is 4.41. The number of hydrogen-bond acceptors (Lipinski definition) is 4. The molecule has 4 nitrogen and oxygen atoms in total. The molecule has 0 spiro atoms. The van der Waals surface area contributed by atoms with Crippen molar-refractivity contribution in [1.29, 1.82) is 0 Å². The summed E-state index contributed by atoms with van der Waals surface area (Å²) in [6.07, 6.45) is 1.67. The van der Waals surface area contributed by atoms with Crippen LogP contribution in [0.1, 0.15) is 20.9 Å². The lowest BCUT2D eigenvalue weighted by atomic mass is 10.2. The van der Waals surface area contributed by atoms with Gasteiger partial charge in [0, 0.05) is 16.8 Å². The van der Waals surface area contributed by atoms with Crippen LogP contribution in [-0.2, 0) is 0 Å². The van der Waals surface area contributed by atoms with Crippen LogP contribution in [0.3, 0.4) is 0 Å². The zero-order valence-electron chi connectivity index (χ0n) is 12.6. The summed E-state index contributed by atoms with van der Waals surface area (Å²) in [6, 6.07) is 11.1. The molecule has 1 aromatic carbocycles. The molecule has 6 heteroatoms. The number of nitrogens with one attached hydrogen (secondary N) is 1. The summed E-state index contributed by atoms with van der Waals surface area (Å²) in [7, 11) is 0. The van der Waals surface area contributed by atoms with E-state index in [2.05, 4.69) is 15.3 Å². The first-order valence-corrected chi connectivity index (χ1v) is 8.20. The average Bonchev–Trinajstić information content (AvgIpc) is 2.89. The van der Waals surface area contributed by atoms with Crippen LogP contribution < -0.4 is 5.32 Å². The van der Waals surface area contributed by atoms with Crippen molar-refractivity contribution in [3.05, 3.63) is 63.8 Å². The van der Waals surface area contributed by atoms with Gasteiger partial charge in [0.05, 0.1) is 5.69 Å². The number of halogens is 1. The molecule has 23 heavy (non-hydrogen) atoms. The number of carbonyl (C=O) groups is 1. The summed E-state index contributed by atoms with van der Waals surface area (Å²) in [6.45, 7) is 3.77. The molecule has 0 atom stereocenters. The van der Waals surface area contributed by atoms with Crippen LogP contribution in [0, 0.1) is 13.8 Å². The zero-order chi connectivity index (χ0) is 16.4. The molecule has 0 unspecified atom stereocenters. The molecule has 0 fully saturated rings. The summed E-state index contributed by atoms with van der Waals surface area (Å²) in [4.78, 5) is 21.7. The summed E-state index contributed by atoms with van der Waals surface area (Å²) in [5, 5.41) is 4.22. The molecule has 1 amide bonds. The minimum atomic E-state index is -0.202. The van der Waals surface area contributed by atoms with Gasteiger partial charge in [0.1, 0.15) is 15.7 Å². The number of benzene rings is 1. The average molecular weight is 344 g/mol. The van der Waals surface area contributed by atoms with Gasteiger partial charge in [0.2, 0.25) is 0 Å². The van der Waals surface area contributed by atoms with E-state index in [-0.39, 0.29) is 5.91 Å². The molecule has 0 saturated carbocycles. The van der Waals surface area contributed by atoms with E-state index >= 15 is 0 Å². The van der Waals surface area contributed by atoms with Gasteiger partial charge in [-0.25, -0.2) is 9.97 Å². The SMILES string of the molecule is Cc1ccnc(NC(=O)c2sc(-c3cccc(Cl)c3)nc2C)c1. The van der Waals surface area contributed by atoms with E-state index < -0.39 is 0 Å². The second-order valence-electron chi connectivity index (χ2n) is 5.12. The van der Waals surface area contributed by atoms with E-state index in [9.17, 15) is 4.79 Å². The molecule has 0 aliphatic heterocycles. The van der Waals surface area contributed by atoms with Crippen molar-refractivity contribution in [1.82, 2.24) is 9.97 Å². The van der Waals surface area contributed by atoms with Crippen LogP contribution in [0.15, 0.2) is 42.6 Å². The number of amides is 1. The zero-order valence-corrected chi connectivity index (χ0v) is 14.2. The molecule has 0 bridgehead atoms. The van der Waals surface area contributed by atoms with E-state index in [0.29, 0.717) is 21.4 Å². The number of carbonyl (C=O) groups excluding carboxylic acids is 1. The maximum absolute atomic E-state index is 12.5. The number of thiazole rings is 1. The Morgan fingerprint density at radius 2 is 2.04 bits per heavy atom. The number of hydrogen-bond donors (Lipinski definition) is 1. The van der Waals surface area contributed by atoms with Crippen LogP contribution in [-0.4, -0.2) is 15.9 Å². The maximum atomic E-state index is 12.5. The highest BCUT2D eigenvalue weighted by atomic mass is 35.5. The molecule has 3 aromatic rings. The highest BCUT2D eigenvalue weighted by Crippen LogP contribution is 2.29. The molecule has 2 heterocycles. The Morgan fingerprint density at radius 3 is 2.78 bits per heavy atom. The lowest BCUT2D eigenvalue weighted by molar-refractivity contribution is 0.102. The third-order valence-electron chi connectivity index (χ3n) is 3.23. The highest BCUT2D eigenvalue weighted by Gasteiger charge is 2.17. The van der Waals surface area contributed by atoms with Gasteiger partial charge in [-0.2, -0.15) is 0 Å². The molecule has 0 aliphatic carbocycles. The second kappa shape index (κ2) is 6.48. The number of anilines is 1. The monoisotopic (exact) mass is 343 g/mol. The molecule has 0 aliphatic rings. The summed E-state index contributed by atoms with van der Waals surface area (Å²) < 4.78 is 0. The van der Waals surface area contributed by atoms with Crippen LogP contribution in [0.4, 0.5) is 5.82 Å². The standard InChI is InChI=1S/C17H14ClN3OS/c1-10-6-7-19-14(8-10)21-16(22)15-11(2)20-17(23-15)12-4-3-5-13(18)9-12/h3-9H,1-2H3,(H,19,21,22). The number of aromatic nitrogens is 2. The predicted molar refractivity (Wildman–Crippen MR) is 94.2 cm³/mol. The number of pyridine rings is 1. The number of nitrogens with zero attached hydrogens (tertiary/aromatic N) is 2. The summed E-state index contributed by atoms with van der Waals surface area (Å²) in [5.41, 5.74) is 2.63. The Balaban J connectivity index is 1.87. The Labute approximate surface area is 143 Å². The fourth-order valence-electron chi connectivity index (χ4n) is 2.13. The minimum Gasteiger partial charge on any atom is -0.306 e. The quantitative estimate of drug-likeness (QED) is 0.748. The van der Waals surface area contributed by atoms with Crippen LogP contribution in [0.5, 0.6) is 0 Å². The van der Waals surface area contributed by atoms with E-state index in [1.165, 1.54) is 11.3 Å². The number of rotatable bonds is 3. The third-order valence-corrected chi connectivity index (χ3v) is 4.67. The molecule has 3 rings (SSSR count). The van der Waals surface area contributed by atoms with Crippen LogP contribution in [0.2, 0.25) is 5.02 Å². The molecule has 0 radical (unpaired) electrons. The lowest BCUT2D eigenvalue weighted by Crippen LogP contribution is -2.12. The first kappa shape index (κ1) is 15.6. The first-order valence-electron chi connectivity index (χ1n) is 7.00. The van der Waals surface area contributed by atoms with Crippen molar-refractivity contribution in [2.75, 3.05) is 5.32 Å². The van der Waals surface area contributed by atoms with E-state index in [1.54, 1.807) is 6.20 Å². The predicted octanol–water partition coefficient (Wildman–Crippen LogP) is 4.73. The Bertz CT molecular complexity index is 876. The number of aryl methyl sites for hydroxylation is 2. The van der Waals surface area contributed by atoms with E-state index in [1.807, 2.05) is 50.2 Å². The van der Waals surface area contributed by atoms with Crippen LogP contribution in [0.25, 0.3) is 10.6 Å². The maximum Gasteiger partial charge on any atom is 0.268 e. The summed E-state index contributed by atoms with van der Waals surface area (Å²) >= 11 is 7.36. The molecule has 116 valence electrons. The molecule has 0 saturated heterocycles. The molecular formula is C17H14ClN3OS. The lowest BCUT2D eigenvalue weighted by Gasteiger charge is -2.03. The Hall–Kier alpha value is -2.24. The van der Waals surface area contributed by atoms with Gasteiger partial charge in [0.15, 0.2) is 0 Å². The van der Waals surface area contributed by atoms with Crippen molar-refractivity contribution in [2.24, 2.45) is 0 Å². The summed E-state index contributed by atoms with van der Waals surface area (Å²) in [5.74, 6) is 0.332. The topological polar surface area (TPSA) is 54.9 Å². The van der Waals surface area contributed by atoms with Crippen LogP contribution >= 0.6 is 22.9 Å². The minimum absolute atomic E-state index is 0.202. The van der Waals surface area contributed by atoms with Gasteiger partial charge in [-0.15, -0.1) is 11.3 Å². The fraction of sp³-hybridized carbons (Fsp3) is 0.118. The third kappa shape index (κ3) is 3.57. The second-order valence-corrected chi connectivity index (χ2v) is 6.55. The van der Waals surface area contributed by atoms with Crippen molar-refractivity contribution in [3.8, 4) is 10.6 Å². The highest BCUT2D eigenvalue weighted by molar-refractivity contribution is 7.17. The van der Waals surface area contributed by atoms with Gasteiger partial charge < -0.3 is 5.32 Å². The van der Waals surface area contributed by atoms with E-state index in [4.69, 9.17) is 11.6 Å². The normalized spacial score (nSPS) is 10.6. The van der Waals surface area contributed by atoms with Crippen molar-refractivity contribution >= 4 is 34.7 Å². The van der Waals surface area contributed by atoms with Gasteiger partial charge >= 0.3 is 0 Å². The van der Waals surface area contributed by atoms with E-state index in [0.717, 1.165) is 16.1 Å². The fourth-order valence-corrected chi connectivity index (χ4v) is 3.28. The molecular weight excluding hydrogens is 330 g/mol. The molecule has 1 N–H and O–H groups in total. The van der Waals surface area contributed by atoms with Gasteiger partial charge in [0.25, 0.3) is 5.91 Å². The smallest absolute Gasteiger partial charge is 0.268 e. The van der Waals surface area contributed by atoms with Crippen molar-refractivity contribution in [3.63, 3.8) is 0 Å². The van der Waals surface area contributed by atoms with Crippen molar-refractivity contribution < 1.29 is 4.79 Å². The molecule has 2 aromatic heterocycles. The van der Waals surface area contributed by atoms with Gasteiger partial charge in [-0.05, 0) is 43.7 Å². The van der Waals surface area contributed by atoms with Gasteiger partial charge in [-0.3, -0.25) is 4.79 Å². The van der Waals surface area contributed by atoms with Gasteiger partial charge in [-0.1, -0.05) is 23.7 Å². The largest absolute Gasteiger partial charge is 0.306 e. The van der Waals surface area contributed by atoms with Crippen molar-refractivity contribution in [2.45, 2.75) is 13.8 Å². The Morgan fingerprint density at radius 1 is 1.22 bits per heavy atom. The first-order chi connectivity index (χ1) is 11.0.